The summed E-state index contributed by atoms with van der Waals surface area (Å²) in [6.45, 7) is 0.377. The Balaban J connectivity index is 2.24. The van der Waals surface area contributed by atoms with Gasteiger partial charge in [-0.1, -0.05) is 0 Å². The molecule has 1 aliphatic heterocycles. The molecule has 0 bridgehead atoms. The quantitative estimate of drug-likeness (QED) is 0.833. The van der Waals surface area contributed by atoms with Gasteiger partial charge >= 0.3 is 5.97 Å². The van der Waals surface area contributed by atoms with Crippen LogP contribution in [0.25, 0.3) is 0 Å². The molecule has 0 aromatic carbocycles. The molecule has 1 unspecified atom stereocenters. The number of aliphatic carboxylic acids is 1. The zero-order chi connectivity index (χ0) is 14.9. The number of likely N-dealkylation sites (tertiary alicyclic amines) is 1. The standard InChI is InChI=1S/C11H14N2O5S2/c1-12-20(17,18)7-5-9(19-6-7)10(14)13-4-2-3-8(13)11(15)16/h5-6,8,12H,2-4H2,1H3,(H,15,16). The van der Waals surface area contributed by atoms with Gasteiger partial charge in [0.1, 0.15) is 6.04 Å². The van der Waals surface area contributed by atoms with E-state index in [4.69, 9.17) is 5.11 Å². The van der Waals surface area contributed by atoms with E-state index in [1.807, 2.05) is 0 Å². The smallest absolute Gasteiger partial charge is 0.326 e. The van der Waals surface area contributed by atoms with Crippen molar-refractivity contribution < 1.29 is 23.1 Å². The first-order chi connectivity index (χ1) is 9.36. The molecule has 110 valence electrons. The fraction of sp³-hybridized carbons (Fsp3) is 0.455. The normalized spacial score (nSPS) is 19.2. The van der Waals surface area contributed by atoms with Crippen molar-refractivity contribution in [3.63, 3.8) is 0 Å². The Morgan fingerprint density at radius 3 is 2.80 bits per heavy atom. The van der Waals surface area contributed by atoms with Crippen LogP contribution in [0.1, 0.15) is 22.5 Å². The van der Waals surface area contributed by atoms with Gasteiger partial charge in [-0.25, -0.2) is 17.9 Å². The highest BCUT2D eigenvalue weighted by Crippen LogP contribution is 2.25. The van der Waals surface area contributed by atoms with E-state index < -0.39 is 27.9 Å². The Labute approximate surface area is 120 Å². The van der Waals surface area contributed by atoms with Crippen molar-refractivity contribution >= 4 is 33.2 Å². The summed E-state index contributed by atoms with van der Waals surface area (Å²) in [5, 5.41) is 10.4. The zero-order valence-corrected chi connectivity index (χ0v) is 12.3. The van der Waals surface area contributed by atoms with Crippen LogP contribution in [0.15, 0.2) is 16.3 Å². The number of thiophene rings is 1. The number of sulfonamides is 1. The summed E-state index contributed by atoms with van der Waals surface area (Å²) in [5.41, 5.74) is 0. The molecular formula is C11H14N2O5S2. The van der Waals surface area contributed by atoms with E-state index in [1.165, 1.54) is 23.4 Å². The lowest BCUT2D eigenvalue weighted by Crippen LogP contribution is -2.40. The van der Waals surface area contributed by atoms with E-state index in [0.717, 1.165) is 11.3 Å². The monoisotopic (exact) mass is 318 g/mol. The molecule has 0 aliphatic carbocycles. The molecule has 1 aromatic heterocycles. The van der Waals surface area contributed by atoms with Gasteiger partial charge in [0.15, 0.2) is 0 Å². The maximum absolute atomic E-state index is 12.2. The number of carbonyl (C=O) groups excluding carboxylic acids is 1. The van der Waals surface area contributed by atoms with Crippen LogP contribution in [0.2, 0.25) is 0 Å². The average Bonchev–Trinajstić information content (AvgIpc) is 3.07. The van der Waals surface area contributed by atoms with Gasteiger partial charge in [-0.05, 0) is 26.0 Å². The average molecular weight is 318 g/mol. The topological polar surface area (TPSA) is 104 Å². The maximum atomic E-state index is 12.2. The van der Waals surface area contributed by atoms with Crippen LogP contribution in [0.5, 0.6) is 0 Å². The molecule has 7 nitrogen and oxygen atoms in total. The van der Waals surface area contributed by atoms with Gasteiger partial charge in [-0.15, -0.1) is 11.3 Å². The minimum atomic E-state index is -3.59. The second-order valence-electron chi connectivity index (χ2n) is 4.35. The molecule has 0 radical (unpaired) electrons. The number of nitrogens with zero attached hydrogens (tertiary/aromatic N) is 1. The van der Waals surface area contributed by atoms with Gasteiger partial charge in [-0.2, -0.15) is 0 Å². The lowest BCUT2D eigenvalue weighted by molar-refractivity contribution is -0.141. The Kier molecular flexibility index (Phi) is 4.11. The summed E-state index contributed by atoms with van der Waals surface area (Å²) in [5.74, 6) is -1.46. The van der Waals surface area contributed by atoms with Crippen molar-refractivity contribution in [1.29, 1.82) is 0 Å². The molecule has 1 fully saturated rings. The van der Waals surface area contributed by atoms with E-state index in [0.29, 0.717) is 19.4 Å². The molecule has 1 atom stereocenters. The number of carboxylic acid groups (broad SMARTS) is 1. The molecule has 9 heteroatoms. The third-order valence-corrected chi connectivity index (χ3v) is 5.63. The first-order valence-corrected chi connectivity index (χ1v) is 8.29. The van der Waals surface area contributed by atoms with Crippen molar-refractivity contribution in [3.05, 3.63) is 16.3 Å². The van der Waals surface area contributed by atoms with Crippen LogP contribution < -0.4 is 4.72 Å². The number of nitrogens with one attached hydrogen (secondary N) is 1. The molecule has 1 saturated heterocycles. The van der Waals surface area contributed by atoms with Gasteiger partial charge in [0.2, 0.25) is 10.0 Å². The lowest BCUT2D eigenvalue weighted by Gasteiger charge is -2.20. The van der Waals surface area contributed by atoms with Crippen molar-refractivity contribution in [2.24, 2.45) is 0 Å². The largest absolute Gasteiger partial charge is 0.480 e. The molecule has 20 heavy (non-hydrogen) atoms. The summed E-state index contributed by atoms with van der Waals surface area (Å²) in [7, 11) is -2.30. The molecule has 2 heterocycles. The third kappa shape index (κ3) is 2.69. The molecule has 0 spiro atoms. The first-order valence-electron chi connectivity index (χ1n) is 5.92. The van der Waals surface area contributed by atoms with Crippen LogP contribution in [-0.4, -0.2) is 49.9 Å². The van der Waals surface area contributed by atoms with Crippen molar-refractivity contribution in [3.8, 4) is 0 Å². The van der Waals surface area contributed by atoms with Gasteiger partial charge in [0, 0.05) is 11.9 Å². The van der Waals surface area contributed by atoms with E-state index in [9.17, 15) is 18.0 Å². The number of hydrogen-bond donors (Lipinski definition) is 2. The summed E-state index contributed by atoms with van der Waals surface area (Å²) >= 11 is 0.997. The number of carbonyl (C=O) groups is 2. The van der Waals surface area contributed by atoms with E-state index >= 15 is 0 Å². The molecule has 0 saturated carbocycles. The van der Waals surface area contributed by atoms with Crippen molar-refractivity contribution in [1.82, 2.24) is 9.62 Å². The van der Waals surface area contributed by atoms with Crippen molar-refractivity contribution in [2.75, 3.05) is 13.6 Å². The van der Waals surface area contributed by atoms with Crippen LogP contribution in [0.4, 0.5) is 0 Å². The van der Waals surface area contributed by atoms with Gasteiger partial charge in [0.05, 0.1) is 9.77 Å². The zero-order valence-electron chi connectivity index (χ0n) is 10.7. The molecule has 2 N–H and O–H groups in total. The minimum absolute atomic E-state index is 0.0134. The lowest BCUT2D eigenvalue weighted by atomic mass is 10.2. The highest BCUT2D eigenvalue weighted by atomic mass is 32.2. The second-order valence-corrected chi connectivity index (χ2v) is 7.15. The summed E-state index contributed by atoms with van der Waals surface area (Å²) in [4.78, 5) is 24.8. The number of hydrogen-bond acceptors (Lipinski definition) is 5. The summed E-state index contributed by atoms with van der Waals surface area (Å²) < 4.78 is 25.4. The van der Waals surface area contributed by atoms with E-state index in [1.54, 1.807) is 0 Å². The van der Waals surface area contributed by atoms with E-state index in [2.05, 4.69) is 4.72 Å². The third-order valence-electron chi connectivity index (χ3n) is 3.16. The Morgan fingerprint density at radius 2 is 2.20 bits per heavy atom. The molecule has 1 aliphatic rings. The number of carboxylic acids is 1. The van der Waals surface area contributed by atoms with Crippen LogP contribution in [0, 0.1) is 0 Å². The number of rotatable bonds is 4. The second kappa shape index (κ2) is 5.51. The van der Waals surface area contributed by atoms with Crippen LogP contribution >= 0.6 is 11.3 Å². The van der Waals surface area contributed by atoms with Crippen LogP contribution in [-0.2, 0) is 14.8 Å². The summed E-state index contributed by atoms with van der Waals surface area (Å²) in [6, 6.07) is 0.449. The summed E-state index contributed by atoms with van der Waals surface area (Å²) in [6.07, 6.45) is 1.06. The SMILES string of the molecule is CNS(=O)(=O)c1csc(C(=O)N2CCCC2C(=O)O)c1. The molecular weight excluding hydrogens is 304 g/mol. The minimum Gasteiger partial charge on any atom is -0.480 e. The Morgan fingerprint density at radius 1 is 1.50 bits per heavy atom. The maximum Gasteiger partial charge on any atom is 0.326 e. The first kappa shape index (κ1) is 14.9. The van der Waals surface area contributed by atoms with Crippen molar-refractivity contribution in [2.45, 2.75) is 23.8 Å². The Bertz CT molecular complexity index is 637. The van der Waals surface area contributed by atoms with Gasteiger partial charge < -0.3 is 10.0 Å². The van der Waals surface area contributed by atoms with Gasteiger partial charge in [-0.3, -0.25) is 4.79 Å². The molecule has 1 aromatic rings. The molecule has 1 amide bonds. The van der Waals surface area contributed by atoms with Gasteiger partial charge in [0.25, 0.3) is 5.91 Å². The van der Waals surface area contributed by atoms with E-state index in [-0.39, 0.29) is 9.77 Å². The predicted molar refractivity (Wildman–Crippen MR) is 72.3 cm³/mol. The fourth-order valence-electron chi connectivity index (χ4n) is 2.10. The highest BCUT2D eigenvalue weighted by Gasteiger charge is 2.35. The predicted octanol–water partition coefficient (Wildman–Crippen LogP) is 0.345. The fourth-order valence-corrected chi connectivity index (χ4v) is 4.06. The Hall–Kier alpha value is -1.45. The van der Waals surface area contributed by atoms with Crippen LogP contribution in [0.3, 0.4) is 0 Å². The highest BCUT2D eigenvalue weighted by molar-refractivity contribution is 7.89. The number of amides is 1. The molecule has 2 rings (SSSR count).